The lowest BCUT2D eigenvalue weighted by atomic mass is 10.1. The van der Waals surface area contributed by atoms with Gasteiger partial charge in [-0.15, -0.1) is 16.4 Å². The molecule has 0 saturated heterocycles. The number of nitrogens with zero attached hydrogens (tertiary/aromatic N) is 4. The maximum Gasteiger partial charge on any atom is 0.326 e. The van der Waals surface area contributed by atoms with Crippen molar-refractivity contribution in [3.63, 3.8) is 0 Å². The molecule has 3 rings (SSSR count). The minimum absolute atomic E-state index is 0.107. The molecule has 0 saturated carbocycles. The molecule has 14 nitrogen and oxygen atoms in total. The Balaban J connectivity index is 1.42. The molecule has 226 valence electrons. The fourth-order valence-corrected chi connectivity index (χ4v) is 4.62. The zero-order valence-electron chi connectivity index (χ0n) is 22.5. The molecular formula is C26H32FN7O7S. The smallest absolute Gasteiger partial charge is 0.326 e. The van der Waals surface area contributed by atoms with Gasteiger partial charge in [-0.05, 0) is 50.7 Å². The number of anilines is 1. The number of alkyl halides is 1. The maximum atomic E-state index is 12.4. The van der Waals surface area contributed by atoms with E-state index in [9.17, 15) is 28.7 Å². The number of unbranched alkanes of at least 4 members (excludes halogenated alkanes) is 1. The highest BCUT2D eigenvalue weighted by Gasteiger charge is 2.24. The van der Waals surface area contributed by atoms with E-state index in [0.29, 0.717) is 37.4 Å². The van der Waals surface area contributed by atoms with E-state index in [1.807, 2.05) is 29.6 Å². The molecule has 1 unspecified atom stereocenters. The second kappa shape index (κ2) is 16.0. The van der Waals surface area contributed by atoms with Crippen molar-refractivity contribution < 1.29 is 38.9 Å². The van der Waals surface area contributed by atoms with E-state index in [0.717, 1.165) is 22.6 Å². The normalized spacial score (nSPS) is 12.3. The van der Waals surface area contributed by atoms with Crippen molar-refractivity contribution in [2.75, 3.05) is 18.5 Å². The number of carbonyl (C=O) groups is 4. The highest BCUT2D eigenvalue weighted by Crippen LogP contribution is 2.26. The maximum absolute atomic E-state index is 12.4. The molecule has 3 aromatic rings. The van der Waals surface area contributed by atoms with E-state index in [1.54, 1.807) is 10.9 Å². The summed E-state index contributed by atoms with van der Waals surface area (Å²) in [7, 11) is 0. The Labute approximate surface area is 244 Å². The molecule has 1 aromatic carbocycles. The van der Waals surface area contributed by atoms with Crippen LogP contribution in [0.2, 0.25) is 0 Å². The average molecular weight is 606 g/mol. The van der Waals surface area contributed by atoms with Crippen LogP contribution in [0.1, 0.15) is 44.2 Å². The van der Waals surface area contributed by atoms with E-state index in [-0.39, 0.29) is 12.8 Å². The number of carbonyl (C=O) groups excluding carboxylic acids is 1. The molecule has 0 aliphatic carbocycles. The zero-order valence-corrected chi connectivity index (χ0v) is 23.3. The van der Waals surface area contributed by atoms with E-state index in [4.69, 9.17) is 10.2 Å². The molecule has 2 amide bonds. The number of carboxylic acid groups (broad SMARTS) is 3. The third-order valence-corrected chi connectivity index (χ3v) is 6.89. The van der Waals surface area contributed by atoms with Gasteiger partial charge in [0.15, 0.2) is 5.13 Å². The summed E-state index contributed by atoms with van der Waals surface area (Å²) in [5.74, 6) is -3.90. The summed E-state index contributed by atoms with van der Waals surface area (Å²) in [6, 6.07) is 3.91. The number of benzene rings is 1. The van der Waals surface area contributed by atoms with Crippen LogP contribution in [0.25, 0.3) is 16.9 Å². The Kier molecular flexibility index (Phi) is 12.2. The molecular weight excluding hydrogens is 573 g/mol. The third kappa shape index (κ3) is 10.1. The highest BCUT2D eigenvalue weighted by molar-refractivity contribution is 7.14. The molecule has 0 aliphatic rings. The Hall–Kier alpha value is -4.60. The number of aryl methyl sites for hydroxylation is 1. The number of nitrogens with one attached hydrogen (secondary N) is 3. The van der Waals surface area contributed by atoms with Gasteiger partial charge in [0, 0.05) is 23.9 Å². The lowest BCUT2D eigenvalue weighted by Gasteiger charge is -2.18. The fourth-order valence-electron chi connectivity index (χ4n) is 3.87. The van der Waals surface area contributed by atoms with E-state index in [1.165, 1.54) is 11.3 Å². The first-order valence-electron chi connectivity index (χ1n) is 13.2. The Bertz CT molecular complexity index is 1350. The molecule has 2 atom stereocenters. The number of aromatic nitrogens is 4. The number of rotatable bonds is 18. The van der Waals surface area contributed by atoms with Gasteiger partial charge in [-0.25, -0.2) is 24.0 Å². The summed E-state index contributed by atoms with van der Waals surface area (Å²) in [4.78, 5) is 50.1. The minimum Gasteiger partial charge on any atom is -0.481 e. The standard InChI is InChI=1S/C26H32FN7O7S/c27-12-3-4-17-14-34(33-32-17)18-8-6-16(7-9-18)21-15-42-26(31-21)28-13-2-1-5-19(23(37)38)29-25(41)30-20(24(39)40)10-11-22(35)36/h6-9,14-15,19-20H,1-5,10-13H2,(H,28,31)(H,35,36)(H,37,38)(H,39,40)(H2,29,30,41)/t19?,20-/m0/s1. The van der Waals surface area contributed by atoms with E-state index in [2.05, 4.69) is 31.2 Å². The van der Waals surface area contributed by atoms with Crippen molar-refractivity contribution in [2.24, 2.45) is 0 Å². The molecule has 6 N–H and O–H groups in total. The number of hydrogen-bond donors (Lipinski definition) is 6. The van der Waals surface area contributed by atoms with Crippen LogP contribution in [-0.2, 0) is 20.8 Å². The molecule has 0 fully saturated rings. The largest absolute Gasteiger partial charge is 0.481 e. The second-order valence-electron chi connectivity index (χ2n) is 9.29. The molecule has 0 radical (unpaired) electrons. The summed E-state index contributed by atoms with van der Waals surface area (Å²) < 4.78 is 14.0. The molecule has 2 heterocycles. The predicted molar refractivity (Wildman–Crippen MR) is 150 cm³/mol. The molecule has 0 spiro atoms. The van der Waals surface area contributed by atoms with Crippen LogP contribution in [0.5, 0.6) is 0 Å². The Morgan fingerprint density at radius 1 is 0.952 bits per heavy atom. The Morgan fingerprint density at radius 2 is 1.64 bits per heavy atom. The minimum atomic E-state index is -1.46. The van der Waals surface area contributed by atoms with Crippen molar-refractivity contribution in [2.45, 2.75) is 57.0 Å². The van der Waals surface area contributed by atoms with Gasteiger partial charge < -0.3 is 31.3 Å². The Morgan fingerprint density at radius 3 is 2.29 bits per heavy atom. The van der Waals surface area contributed by atoms with Gasteiger partial charge in [0.2, 0.25) is 0 Å². The van der Waals surface area contributed by atoms with Crippen LogP contribution in [0.4, 0.5) is 14.3 Å². The van der Waals surface area contributed by atoms with Crippen molar-refractivity contribution in [1.82, 2.24) is 30.6 Å². The van der Waals surface area contributed by atoms with Crippen LogP contribution in [0, 0.1) is 0 Å². The number of aliphatic carboxylic acids is 3. The first-order valence-corrected chi connectivity index (χ1v) is 14.1. The lowest BCUT2D eigenvalue weighted by molar-refractivity contribution is -0.140. The van der Waals surface area contributed by atoms with Gasteiger partial charge in [0.25, 0.3) is 0 Å². The van der Waals surface area contributed by atoms with Gasteiger partial charge in [0.1, 0.15) is 12.1 Å². The van der Waals surface area contributed by atoms with Crippen LogP contribution in [-0.4, -0.2) is 84.5 Å². The van der Waals surface area contributed by atoms with Crippen molar-refractivity contribution in [1.29, 1.82) is 0 Å². The summed E-state index contributed by atoms with van der Waals surface area (Å²) in [6.45, 7) is 0.115. The van der Waals surface area contributed by atoms with E-state index < -0.39 is 49.1 Å². The summed E-state index contributed by atoms with van der Waals surface area (Å²) >= 11 is 1.42. The summed E-state index contributed by atoms with van der Waals surface area (Å²) in [5.41, 5.74) is 3.23. The fraction of sp³-hybridized carbons (Fsp3) is 0.423. The SMILES string of the molecule is O=C(O)CC[C@H](NC(=O)NC(CCCCNc1nc(-c2ccc(-n3cc(CCCF)nn3)cc2)cs1)C(=O)O)C(=O)O. The first-order chi connectivity index (χ1) is 20.2. The van der Waals surface area contributed by atoms with Crippen molar-refractivity contribution >= 4 is 40.4 Å². The predicted octanol–water partition coefficient (Wildman–Crippen LogP) is 2.95. The molecule has 16 heteroatoms. The third-order valence-electron chi connectivity index (χ3n) is 6.09. The summed E-state index contributed by atoms with van der Waals surface area (Å²) in [5, 5.41) is 45.5. The van der Waals surface area contributed by atoms with Crippen LogP contribution >= 0.6 is 11.3 Å². The first kappa shape index (κ1) is 31.9. The van der Waals surface area contributed by atoms with Crippen molar-refractivity contribution in [3.05, 3.63) is 41.5 Å². The number of thiazole rings is 1. The topological polar surface area (TPSA) is 209 Å². The molecule has 2 aromatic heterocycles. The average Bonchev–Trinajstić information content (AvgIpc) is 3.63. The molecule has 42 heavy (non-hydrogen) atoms. The van der Waals surface area contributed by atoms with E-state index >= 15 is 0 Å². The highest BCUT2D eigenvalue weighted by atomic mass is 32.1. The van der Waals surface area contributed by atoms with Crippen molar-refractivity contribution in [3.8, 4) is 16.9 Å². The van der Waals surface area contributed by atoms with Crippen LogP contribution < -0.4 is 16.0 Å². The zero-order chi connectivity index (χ0) is 30.5. The van der Waals surface area contributed by atoms with Gasteiger partial charge in [-0.2, -0.15) is 0 Å². The molecule has 0 aliphatic heterocycles. The lowest BCUT2D eigenvalue weighted by Crippen LogP contribution is -2.51. The number of carboxylic acids is 3. The monoisotopic (exact) mass is 605 g/mol. The van der Waals surface area contributed by atoms with Gasteiger partial charge >= 0.3 is 23.9 Å². The number of amides is 2. The quantitative estimate of drug-likeness (QED) is 0.116. The van der Waals surface area contributed by atoms with Gasteiger partial charge in [-0.1, -0.05) is 17.3 Å². The number of hydrogen-bond acceptors (Lipinski definition) is 9. The van der Waals surface area contributed by atoms with Gasteiger partial charge in [-0.3, -0.25) is 9.18 Å². The number of urea groups is 1. The summed E-state index contributed by atoms with van der Waals surface area (Å²) in [6.07, 6.45) is 3.05. The number of halogens is 1. The molecule has 0 bridgehead atoms. The van der Waals surface area contributed by atoms with Gasteiger partial charge in [0.05, 0.1) is 29.9 Å². The second-order valence-corrected chi connectivity index (χ2v) is 10.1. The van der Waals surface area contributed by atoms with Crippen LogP contribution in [0.3, 0.4) is 0 Å². The van der Waals surface area contributed by atoms with Crippen LogP contribution in [0.15, 0.2) is 35.8 Å².